The van der Waals surface area contributed by atoms with Gasteiger partial charge in [-0.3, -0.25) is 5.43 Å². The summed E-state index contributed by atoms with van der Waals surface area (Å²) in [4.78, 5) is 10.6. The van der Waals surface area contributed by atoms with Gasteiger partial charge >= 0.3 is 0 Å². The van der Waals surface area contributed by atoms with Gasteiger partial charge in [0.05, 0.1) is 12.0 Å². The monoisotopic (exact) mass is 253 g/mol. The SMILES string of the molecule is Cc1cc2c(NC(C)CO)nc(NN)nc2s1. The van der Waals surface area contributed by atoms with E-state index in [0.717, 1.165) is 15.1 Å². The molecule has 0 aromatic carbocycles. The number of hydrazine groups is 1. The molecule has 92 valence electrons. The molecule has 0 aliphatic heterocycles. The highest BCUT2D eigenvalue weighted by Gasteiger charge is 2.11. The minimum absolute atomic E-state index is 0.0417. The van der Waals surface area contributed by atoms with Gasteiger partial charge in [0.25, 0.3) is 0 Å². The Kier molecular flexibility index (Phi) is 3.41. The minimum Gasteiger partial charge on any atom is -0.394 e. The summed E-state index contributed by atoms with van der Waals surface area (Å²) in [6, 6.07) is 1.95. The van der Waals surface area contributed by atoms with Crippen molar-refractivity contribution < 1.29 is 5.11 Å². The van der Waals surface area contributed by atoms with Gasteiger partial charge in [-0.05, 0) is 19.9 Å². The molecule has 0 bridgehead atoms. The molecule has 1 atom stereocenters. The molecule has 2 aromatic heterocycles. The van der Waals surface area contributed by atoms with Gasteiger partial charge in [0, 0.05) is 10.9 Å². The summed E-state index contributed by atoms with van der Waals surface area (Å²) in [7, 11) is 0. The van der Waals surface area contributed by atoms with Crippen LogP contribution in [0.5, 0.6) is 0 Å². The predicted molar refractivity (Wildman–Crippen MR) is 70.1 cm³/mol. The molecule has 0 amide bonds. The van der Waals surface area contributed by atoms with Gasteiger partial charge in [-0.1, -0.05) is 0 Å². The van der Waals surface area contributed by atoms with Crippen LogP contribution in [0.25, 0.3) is 10.2 Å². The summed E-state index contributed by atoms with van der Waals surface area (Å²) >= 11 is 1.58. The lowest BCUT2D eigenvalue weighted by atomic mass is 10.3. The van der Waals surface area contributed by atoms with E-state index >= 15 is 0 Å². The van der Waals surface area contributed by atoms with Crippen molar-refractivity contribution in [1.29, 1.82) is 0 Å². The van der Waals surface area contributed by atoms with Crippen LogP contribution in [0.4, 0.5) is 11.8 Å². The minimum atomic E-state index is -0.0704. The fourth-order valence-corrected chi connectivity index (χ4v) is 2.37. The van der Waals surface area contributed by atoms with Gasteiger partial charge in [-0.15, -0.1) is 11.3 Å². The number of hydrogen-bond donors (Lipinski definition) is 4. The van der Waals surface area contributed by atoms with E-state index < -0.39 is 0 Å². The summed E-state index contributed by atoms with van der Waals surface area (Å²) < 4.78 is 0. The van der Waals surface area contributed by atoms with E-state index in [-0.39, 0.29) is 12.6 Å². The molecule has 0 saturated carbocycles. The number of nitrogens with two attached hydrogens (primary N) is 1. The molecule has 0 aliphatic rings. The molecule has 7 heteroatoms. The van der Waals surface area contributed by atoms with Crippen LogP contribution in [0.2, 0.25) is 0 Å². The standard InChI is InChI=1S/C10H15N5OS/c1-5(4-16)12-8-7-3-6(2)17-9(7)14-10(13-8)15-11/h3,5,16H,4,11H2,1-2H3,(H2,12,13,14,15). The first-order valence-electron chi connectivity index (χ1n) is 5.26. The molecule has 0 radical (unpaired) electrons. The van der Waals surface area contributed by atoms with Crippen LogP contribution >= 0.6 is 11.3 Å². The number of rotatable bonds is 4. The number of anilines is 2. The highest BCUT2D eigenvalue weighted by molar-refractivity contribution is 7.18. The van der Waals surface area contributed by atoms with Crippen molar-refractivity contribution in [2.75, 3.05) is 17.3 Å². The first kappa shape index (κ1) is 12.0. The van der Waals surface area contributed by atoms with E-state index in [0.29, 0.717) is 11.8 Å². The van der Waals surface area contributed by atoms with Gasteiger partial charge in [-0.2, -0.15) is 4.98 Å². The normalized spacial score (nSPS) is 12.7. The zero-order valence-corrected chi connectivity index (χ0v) is 10.5. The molecule has 0 fully saturated rings. The highest BCUT2D eigenvalue weighted by atomic mass is 32.1. The Balaban J connectivity index is 2.50. The summed E-state index contributed by atoms with van der Waals surface area (Å²) in [6.07, 6.45) is 0. The quantitative estimate of drug-likeness (QED) is 0.481. The maximum atomic E-state index is 9.06. The van der Waals surface area contributed by atoms with Crippen LogP contribution in [0.3, 0.4) is 0 Å². The third kappa shape index (κ3) is 2.46. The van der Waals surface area contributed by atoms with Crippen molar-refractivity contribution >= 4 is 33.3 Å². The lowest BCUT2D eigenvalue weighted by Crippen LogP contribution is -2.21. The molecule has 2 rings (SSSR count). The van der Waals surface area contributed by atoms with E-state index in [2.05, 4.69) is 20.7 Å². The first-order chi connectivity index (χ1) is 8.13. The Morgan fingerprint density at radius 1 is 1.53 bits per heavy atom. The van der Waals surface area contributed by atoms with Crippen molar-refractivity contribution in [2.24, 2.45) is 5.84 Å². The number of fused-ring (bicyclic) bond motifs is 1. The Bertz CT molecular complexity index is 527. The van der Waals surface area contributed by atoms with Crippen molar-refractivity contribution in [3.8, 4) is 0 Å². The average Bonchev–Trinajstić information content (AvgIpc) is 2.69. The Labute approximate surface area is 103 Å². The first-order valence-corrected chi connectivity index (χ1v) is 6.08. The highest BCUT2D eigenvalue weighted by Crippen LogP contribution is 2.29. The second kappa shape index (κ2) is 4.82. The van der Waals surface area contributed by atoms with Crippen molar-refractivity contribution in [3.63, 3.8) is 0 Å². The Hall–Kier alpha value is -1.44. The maximum Gasteiger partial charge on any atom is 0.240 e. The lowest BCUT2D eigenvalue weighted by Gasteiger charge is -2.12. The molecule has 1 unspecified atom stereocenters. The van der Waals surface area contributed by atoms with Crippen molar-refractivity contribution in [2.45, 2.75) is 19.9 Å². The molecule has 0 spiro atoms. The molecule has 6 nitrogen and oxygen atoms in total. The molecule has 17 heavy (non-hydrogen) atoms. The number of nitrogen functional groups attached to an aromatic ring is 1. The van der Waals surface area contributed by atoms with Crippen molar-refractivity contribution in [1.82, 2.24) is 9.97 Å². The van der Waals surface area contributed by atoms with E-state index in [9.17, 15) is 0 Å². The van der Waals surface area contributed by atoms with Crippen molar-refractivity contribution in [3.05, 3.63) is 10.9 Å². The van der Waals surface area contributed by atoms with Crippen LogP contribution in [-0.4, -0.2) is 27.7 Å². The van der Waals surface area contributed by atoms with Gasteiger partial charge in [-0.25, -0.2) is 10.8 Å². The molecular weight excluding hydrogens is 238 g/mol. The number of nitrogens with zero attached hydrogens (tertiary/aromatic N) is 2. The lowest BCUT2D eigenvalue weighted by molar-refractivity contribution is 0.281. The number of nitrogens with one attached hydrogen (secondary N) is 2. The van der Waals surface area contributed by atoms with E-state index in [1.165, 1.54) is 0 Å². The molecule has 5 N–H and O–H groups in total. The number of hydrogen-bond acceptors (Lipinski definition) is 7. The van der Waals surface area contributed by atoms with Gasteiger partial charge < -0.3 is 10.4 Å². The van der Waals surface area contributed by atoms with E-state index in [1.807, 2.05) is 19.9 Å². The predicted octanol–water partition coefficient (Wildman–Crippen LogP) is 1.08. The summed E-state index contributed by atoms with van der Waals surface area (Å²) in [5.74, 6) is 6.39. The summed E-state index contributed by atoms with van der Waals surface area (Å²) in [5.41, 5.74) is 2.44. The Morgan fingerprint density at radius 2 is 2.29 bits per heavy atom. The van der Waals surface area contributed by atoms with E-state index in [1.54, 1.807) is 11.3 Å². The average molecular weight is 253 g/mol. The zero-order valence-electron chi connectivity index (χ0n) is 9.69. The van der Waals surface area contributed by atoms with Crippen LogP contribution in [0.1, 0.15) is 11.8 Å². The molecule has 0 aliphatic carbocycles. The number of aryl methyl sites for hydroxylation is 1. The number of aliphatic hydroxyl groups is 1. The molecular formula is C10H15N5OS. The van der Waals surface area contributed by atoms with Gasteiger partial charge in [0.2, 0.25) is 5.95 Å². The summed E-state index contributed by atoms with van der Waals surface area (Å²) in [5, 5.41) is 13.1. The maximum absolute atomic E-state index is 9.06. The van der Waals surface area contributed by atoms with Crippen LogP contribution in [0.15, 0.2) is 6.07 Å². The topological polar surface area (TPSA) is 96.1 Å². The van der Waals surface area contributed by atoms with Gasteiger partial charge in [0.15, 0.2) is 0 Å². The summed E-state index contributed by atoms with van der Waals surface area (Å²) in [6.45, 7) is 3.93. The molecule has 0 saturated heterocycles. The van der Waals surface area contributed by atoms with Gasteiger partial charge in [0.1, 0.15) is 10.6 Å². The van der Waals surface area contributed by atoms with Crippen LogP contribution < -0.4 is 16.6 Å². The third-order valence-corrected chi connectivity index (χ3v) is 3.25. The number of aliphatic hydroxyl groups excluding tert-OH is 1. The fraction of sp³-hybridized carbons (Fsp3) is 0.400. The van der Waals surface area contributed by atoms with Crippen LogP contribution in [0, 0.1) is 6.92 Å². The molecule has 2 heterocycles. The zero-order chi connectivity index (χ0) is 12.4. The number of thiophene rings is 1. The third-order valence-electron chi connectivity index (χ3n) is 2.30. The number of aromatic nitrogens is 2. The van der Waals surface area contributed by atoms with Crippen LogP contribution in [-0.2, 0) is 0 Å². The second-order valence-corrected chi connectivity index (χ2v) is 5.08. The largest absolute Gasteiger partial charge is 0.394 e. The molecule has 2 aromatic rings. The fourth-order valence-electron chi connectivity index (χ4n) is 1.50. The van der Waals surface area contributed by atoms with E-state index in [4.69, 9.17) is 10.9 Å². The second-order valence-electron chi connectivity index (χ2n) is 3.84. The smallest absolute Gasteiger partial charge is 0.240 e. The Morgan fingerprint density at radius 3 is 2.94 bits per heavy atom.